The number of rotatable bonds is 3. The molecule has 0 amide bonds. The Morgan fingerprint density at radius 3 is 2.72 bits per heavy atom. The molecule has 3 nitrogen and oxygen atoms in total. The number of hydrogen-bond acceptors (Lipinski definition) is 3. The van der Waals surface area contributed by atoms with Crippen LogP contribution in [0.1, 0.15) is 17.2 Å². The fourth-order valence-electron chi connectivity index (χ4n) is 1.74. The summed E-state index contributed by atoms with van der Waals surface area (Å²) in [7, 11) is 1.75. The SMILES string of the molecule is CNC(c1ccnnc1)c1ccc(Br)c(Cl)c1F. The summed E-state index contributed by atoms with van der Waals surface area (Å²) in [5.41, 5.74) is 1.29. The summed E-state index contributed by atoms with van der Waals surface area (Å²) in [6, 6.07) is 4.88. The third-order valence-corrected chi connectivity index (χ3v) is 3.86. The Hall–Kier alpha value is -1.04. The third-order valence-electron chi connectivity index (χ3n) is 2.61. The minimum absolute atomic E-state index is 0.0785. The van der Waals surface area contributed by atoms with Crippen molar-refractivity contribution in [2.75, 3.05) is 7.05 Å². The molecule has 0 saturated carbocycles. The van der Waals surface area contributed by atoms with Crippen molar-refractivity contribution in [3.63, 3.8) is 0 Å². The molecule has 0 bridgehead atoms. The van der Waals surface area contributed by atoms with E-state index in [0.717, 1.165) is 5.56 Å². The average molecular weight is 331 g/mol. The normalized spacial score (nSPS) is 12.4. The Labute approximate surface area is 118 Å². The van der Waals surface area contributed by atoms with Crippen LogP contribution in [0.5, 0.6) is 0 Å². The second-order valence-electron chi connectivity index (χ2n) is 3.66. The van der Waals surface area contributed by atoms with Crippen molar-refractivity contribution in [2.45, 2.75) is 6.04 Å². The number of hydrogen-bond donors (Lipinski definition) is 1. The number of nitrogens with zero attached hydrogens (tertiary/aromatic N) is 2. The summed E-state index contributed by atoms with van der Waals surface area (Å²) in [5, 5.41) is 10.6. The van der Waals surface area contributed by atoms with Crippen molar-refractivity contribution in [3.05, 3.63) is 57.0 Å². The molecular weight excluding hydrogens is 321 g/mol. The quantitative estimate of drug-likeness (QED) is 0.877. The molecule has 0 aliphatic carbocycles. The van der Waals surface area contributed by atoms with Gasteiger partial charge in [0.15, 0.2) is 0 Å². The van der Waals surface area contributed by atoms with Crippen molar-refractivity contribution in [3.8, 4) is 0 Å². The highest BCUT2D eigenvalue weighted by Crippen LogP contribution is 2.32. The Morgan fingerprint density at radius 1 is 1.33 bits per heavy atom. The minimum Gasteiger partial charge on any atom is -0.309 e. The van der Waals surface area contributed by atoms with Gasteiger partial charge in [0, 0.05) is 16.2 Å². The van der Waals surface area contributed by atoms with Crippen LogP contribution >= 0.6 is 27.5 Å². The summed E-state index contributed by atoms with van der Waals surface area (Å²) in [4.78, 5) is 0. The van der Waals surface area contributed by atoms with Crippen LogP contribution in [0, 0.1) is 5.82 Å². The maximum Gasteiger partial charge on any atom is 0.148 e. The van der Waals surface area contributed by atoms with E-state index >= 15 is 0 Å². The van der Waals surface area contributed by atoms with E-state index in [-0.39, 0.29) is 11.1 Å². The molecule has 94 valence electrons. The topological polar surface area (TPSA) is 37.8 Å². The predicted molar refractivity (Wildman–Crippen MR) is 72.0 cm³/mol. The second-order valence-corrected chi connectivity index (χ2v) is 4.89. The second kappa shape index (κ2) is 5.73. The first kappa shape index (κ1) is 13.4. The van der Waals surface area contributed by atoms with Crippen LogP contribution in [0.4, 0.5) is 4.39 Å². The highest BCUT2D eigenvalue weighted by atomic mass is 79.9. The highest BCUT2D eigenvalue weighted by Gasteiger charge is 2.19. The van der Waals surface area contributed by atoms with Crippen molar-refractivity contribution in [1.82, 2.24) is 15.5 Å². The van der Waals surface area contributed by atoms with Gasteiger partial charge in [-0.3, -0.25) is 0 Å². The summed E-state index contributed by atoms with van der Waals surface area (Å²) in [5.74, 6) is -0.442. The Balaban J connectivity index is 2.50. The summed E-state index contributed by atoms with van der Waals surface area (Å²) in [6.07, 6.45) is 3.16. The van der Waals surface area contributed by atoms with E-state index in [2.05, 4.69) is 31.4 Å². The van der Waals surface area contributed by atoms with Gasteiger partial charge >= 0.3 is 0 Å². The van der Waals surface area contributed by atoms with E-state index in [1.54, 1.807) is 37.6 Å². The predicted octanol–water partition coefficient (Wildman–Crippen LogP) is 3.34. The lowest BCUT2D eigenvalue weighted by atomic mass is 10.0. The van der Waals surface area contributed by atoms with Gasteiger partial charge in [-0.15, -0.1) is 0 Å². The lowest BCUT2D eigenvalue weighted by Crippen LogP contribution is -2.19. The van der Waals surface area contributed by atoms with Gasteiger partial charge in [0.1, 0.15) is 5.82 Å². The fourth-order valence-corrected chi connectivity index (χ4v) is 2.22. The summed E-state index contributed by atoms with van der Waals surface area (Å²) < 4.78 is 14.7. The molecule has 0 aliphatic heterocycles. The molecule has 1 unspecified atom stereocenters. The van der Waals surface area contributed by atoms with Crippen LogP contribution in [-0.2, 0) is 0 Å². The van der Waals surface area contributed by atoms with Crippen molar-refractivity contribution in [1.29, 1.82) is 0 Å². The molecular formula is C12H10BrClFN3. The molecule has 0 spiro atoms. The van der Waals surface area contributed by atoms with Crippen molar-refractivity contribution < 1.29 is 4.39 Å². The van der Waals surface area contributed by atoms with Crippen LogP contribution in [0.3, 0.4) is 0 Å². The van der Waals surface area contributed by atoms with Gasteiger partial charge in [0.25, 0.3) is 0 Å². The van der Waals surface area contributed by atoms with Gasteiger partial charge in [-0.05, 0) is 40.7 Å². The average Bonchev–Trinajstić information content (AvgIpc) is 2.41. The lowest BCUT2D eigenvalue weighted by Gasteiger charge is -2.18. The largest absolute Gasteiger partial charge is 0.309 e. The van der Waals surface area contributed by atoms with E-state index < -0.39 is 5.82 Å². The molecule has 0 saturated heterocycles. The number of halogens is 3. The summed E-state index contributed by atoms with van der Waals surface area (Å²) in [6.45, 7) is 0. The molecule has 6 heteroatoms. The van der Waals surface area contributed by atoms with Crippen LogP contribution < -0.4 is 5.32 Å². The smallest absolute Gasteiger partial charge is 0.148 e. The van der Waals surface area contributed by atoms with E-state index in [0.29, 0.717) is 10.0 Å². The van der Waals surface area contributed by atoms with Gasteiger partial charge in [-0.25, -0.2) is 4.39 Å². The maximum absolute atomic E-state index is 14.1. The van der Waals surface area contributed by atoms with Crippen molar-refractivity contribution >= 4 is 27.5 Å². The molecule has 1 aromatic heterocycles. The first-order chi connectivity index (χ1) is 8.65. The zero-order valence-corrected chi connectivity index (χ0v) is 11.8. The van der Waals surface area contributed by atoms with Crippen LogP contribution in [0.25, 0.3) is 0 Å². The van der Waals surface area contributed by atoms with Gasteiger partial charge < -0.3 is 5.32 Å². The molecule has 1 heterocycles. The first-order valence-corrected chi connectivity index (χ1v) is 6.39. The zero-order valence-electron chi connectivity index (χ0n) is 9.49. The Kier molecular flexibility index (Phi) is 4.27. The van der Waals surface area contributed by atoms with E-state index in [4.69, 9.17) is 11.6 Å². The van der Waals surface area contributed by atoms with Gasteiger partial charge in [-0.2, -0.15) is 10.2 Å². The molecule has 18 heavy (non-hydrogen) atoms. The zero-order chi connectivity index (χ0) is 13.1. The van der Waals surface area contributed by atoms with E-state index in [1.165, 1.54) is 0 Å². The molecule has 1 aromatic carbocycles. The van der Waals surface area contributed by atoms with Crippen LogP contribution in [-0.4, -0.2) is 17.2 Å². The first-order valence-electron chi connectivity index (χ1n) is 5.22. The number of benzene rings is 1. The highest BCUT2D eigenvalue weighted by molar-refractivity contribution is 9.10. The summed E-state index contributed by atoms with van der Waals surface area (Å²) >= 11 is 9.09. The van der Waals surface area contributed by atoms with E-state index in [9.17, 15) is 4.39 Å². The molecule has 0 radical (unpaired) electrons. The molecule has 2 rings (SSSR count). The molecule has 1 N–H and O–H groups in total. The van der Waals surface area contributed by atoms with E-state index in [1.807, 2.05) is 0 Å². The molecule has 0 aliphatic rings. The molecule has 2 aromatic rings. The maximum atomic E-state index is 14.1. The van der Waals surface area contributed by atoms with Gasteiger partial charge in [0.2, 0.25) is 0 Å². The Morgan fingerprint density at radius 2 is 2.11 bits per heavy atom. The minimum atomic E-state index is -0.442. The standard InChI is InChI=1S/C12H10BrClFN3/c1-16-12(7-4-5-17-18-6-7)8-2-3-9(13)10(14)11(8)15/h2-6,12,16H,1H3. The van der Waals surface area contributed by atoms with Crippen LogP contribution in [0.15, 0.2) is 35.1 Å². The molecule has 0 fully saturated rings. The lowest BCUT2D eigenvalue weighted by molar-refractivity contribution is 0.574. The fraction of sp³-hybridized carbons (Fsp3) is 0.167. The molecule has 1 atom stereocenters. The van der Waals surface area contributed by atoms with Crippen molar-refractivity contribution in [2.24, 2.45) is 0 Å². The third kappa shape index (κ3) is 2.53. The monoisotopic (exact) mass is 329 g/mol. The number of nitrogens with one attached hydrogen (secondary N) is 1. The van der Waals surface area contributed by atoms with Crippen LogP contribution in [0.2, 0.25) is 5.02 Å². The Bertz CT molecular complexity index is 551. The number of aromatic nitrogens is 2. The van der Waals surface area contributed by atoms with Gasteiger partial charge in [-0.1, -0.05) is 17.7 Å². The van der Waals surface area contributed by atoms with Gasteiger partial charge in [0.05, 0.1) is 17.3 Å².